The first-order valence-electron chi connectivity index (χ1n) is 7.78. The molecule has 1 fully saturated rings. The zero-order valence-electron chi connectivity index (χ0n) is 12.6. The molecule has 3 rings (SSSR count). The molecule has 1 aliphatic carbocycles. The predicted molar refractivity (Wildman–Crippen MR) is 87.6 cm³/mol. The van der Waals surface area contributed by atoms with Crippen molar-refractivity contribution in [2.45, 2.75) is 46.1 Å². The molecule has 0 unspecified atom stereocenters. The third-order valence-corrected chi connectivity index (χ3v) is 5.64. The van der Waals surface area contributed by atoms with Gasteiger partial charge in [-0.05, 0) is 48.1 Å². The third kappa shape index (κ3) is 2.85. The molecule has 2 heteroatoms. The fourth-order valence-corrected chi connectivity index (χ4v) is 4.38. The minimum absolute atomic E-state index is 0.395. The van der Waals surface area contributed by atoms with E-state index in [0.29, 0.717) is 17.9 Å². The van der Waals surface area contributed by atoms with E-state index < -0.39 is 0 Å². The van der Waals surface area contributed by atoms with Crippen molar-refractivity contribution < 1.29 is 4.74 Å². The van der Waals surface area contributed by atoms with E-state index in [1.807, 2.05) is 0 Å². The van der Waals surface area contributed by atoms with Crippen LogP contribution in [0.15, 0.2) is 30.3 Å². The zero-order valence-corrected chi connectivity index (χ0v) is 13.5. The molecule has 1 saturated carbocycles. The largest absolute Gasteiger partial charge is 0.481 e. The van der Waals surface area contributed by atoms with E-state index >= 15 is 0 Å². The van der Waals surface area contributed by atoms with Crippen LogP contribution >= 0.6 is 11.3 Å². The Morgan fingerprint density at radius 1 is 1.20 bits per heavy atom. The standard InChI is InChI=1S/C18H24OS/c1-12(2)15-9-8-13(3)10-16(15)19-18-11-14-6-4-5-7-17(14)20-18/h4-7,11-13,15-16H,8-10H2,1-3H3/t13-,15+,16-/m0/s1. The molecule has 0 saturated heterocycles. The quantitative estimate of drug-likeness (QED) is 0.699. The molecule has 1 heterocycles. The smallest absolute Gasteiger partial charge is 0.175 e. The maximum absolute atomic E-state index is 6.40. The molecule has 3 atom stereocenters. The first kappa shape index (κ1) is 13.9. The van der Waals surface area contributed by atoms with Gasteiger partial charge in [-0.1, -0.05) is 56.7 Å². The van der Waals surface area contributed by atoms with Crippen LogP contribution in [0.5, 0.6) is 5.06 Å². The van der Waals surface area contributed by atoms with Crippen LogP contribution in [0.1, 0.15) is 40.0 Å². The van der Waals surface area contributed by atoms with E-state index in [2.05, 4.69) is 51.1 Å². The SMILES string of the molecule is CC(C)[C@H]1CC[C@H](C)C[C@@H]1Oc1cc2ccccc2s1. The van der Waals surface area contributed by atoms with Crippen molar-refractivity contribution in [1.29, 1.82) is 0 Å². The van der Waals surface area contributed by atoms with Crippen molar-refractivity contribution in [3.63, 3.8) is 0 Å². The van der Waals surface area contributed by atoms with Gasteiger partial charge in [0.05, 0.1) is 0 Å². The van der Waals surface area contributed by atoms with Crippen molar-refractivity contribution >= 4 is 21.4 Å². The lowest BCUT2D eigenvalue weighted by Gasteiger charge is -2.36. The van der Waals surface area contributed by atoms with Crippen LogP contribution in [-0.2, 0) is 0 Å². The highest BCUT2D eigenvalue weighted by atomic mass is 32.1. The molecule has 0 aliphatic heterocycles. The second-order valence-electron chi connectivity index (χ2n) is 6.59. The van der Waals surface area contributed by atoms with Crippen molar-refractivity contribution in [1.82, 2.24) is 0 Å². The van der Waals surface area contributed by atoms with Gasteiger partial charge in [-0.3, -0.25) is 0 Å². The van der Waals surface area contributed by atoms with Crippen LogP contribution in [-0.4, -0.2) is 6.10 Å². The second-order valence-corrected chi connectivity index (χ2v) is 7.63. The Kier molecular flexibility index (Phi) is 4.02. The summed E-state index contributed by atoms with van der Waals surface area (Å²) in [6.07, 6.45) is 4.27. The van der Waals surface area contributed by atoms with E-state index in [4.69, 9.17) is 4.74 Å². The predicted octanol–water partition coefficient (Wildman–Crippen LogP) is 5.74. The summed E-state index contributed by atoms with van der Waals surface area (Å²) in [7, 11) is 0. The Bertz CT molecular complexity index is 539. The highest BCUT2D eigenvalue weighted by Gasteiger charge is 2.32. The molecule has 20 heavy (non-hydrogen) atoms. The molecular formula is C18H24OS. The molecule has 1 aliphatic rings. The maximum Gasteiger partial charge on any atom is 0.175 e. The summed E-state index contributed by atoms with van der Waals surface area (Å²) in [4.78, 5) is 0. The van der Waals surface area contributed by atoms with Crippen LogP contribution in [0.4, 0.5) is 0 Å². The minimum Gasteiger partial charge on any atom is -0.481 e. The Morgan fingerprint density at radius 2 is 2.00 bits per heavy atom. The van der Waals surface area contributed by atoms with Gasteiger partial charge in [0.1, 0.15) is 6.10 Å². The summed E-state index contributed by atoms with van der Waals surface area (Å²) in [5, 5.41) is 2.40. The van der Waals surface area contributed by atoms with Crippen molar-refractivity contribution in [2.75, 3.05) is 0 Å². The van der Waals surface area contributed by atoms with Gasteiger partial charge in [0.15, 0.2) is 5.06 Å². The van der Waals surface area contributed by atoms with Gasteiger partial charge in [-0.15, -0.1) is 0 Å². The summed E-state index contributed by atoms with van der Waals surface area (Å²) in [6, 6.07) is 10.7. The van der Waals surface area contributed by atoms with Crippen LogP contribution in [0.2, 0.25) is 0 Å². The third-order valence-electron chi connectivity index (χ3n) is 4.63. The second kappa shape index (κ2) is 5.77. The van der Waals surface area contributed by atoms with Gasteiger partial charge < -0.3 is 4.74 Å². The first-order chi connectivity index (χ1) is 9.63. The molecule has 0 amide bonds. The number of hydrogen-bond acceptors (Lipinski definition) is 2. The molecule has 2 aromatic rings. The van der Waals surface area contributed by atoms with Gasteiger partial charge in [0.25, 0.3) is 0 Å². The normalized spacial score (nSPS) is 27.1. The molecule has 108 valence electrons. The van der Waals surface area contributed by atoms with Gasteiger partial charge in [-0.25, -0.2) is 0 Å². The Morgan fingerprint density at radius 3 is 2.75 bits per heavy atom. The molecule has 0 radical (unpaired) electrons. The first-order valence-corrected chi connectivity index (χ1v) is 8.60. The van der Waals surface area contributed by atoms with Gasteiger partial charge in [0, 0.05) is 4.70 Å². The lowest BCUT2D eigenvalue weighted by atomic mass is 9.75. The summed E-state index contributed by atoms with van der Waals surface area (Å²) >= 11 is 1.78. The highest BCUT2D eigenvalue weighted by Crippen LogP contribution is 2.39. The maximum atomic E-state index is 6.40. The van der Waals surface area contributed by atoms with E-state index in [-0.39, 0.29) is 0 Å². The van der Waals surface area contributed by atoms with Crippen molar-refractivity contribution in [3.05, 3.63) is 30.3 Å². The topological polar surface area (TPSA) is 9.23 Å². The number of rotatable bonds is 3. The van der Waals surface area contributed by atoms with E-state index in [0.717, 1.165) is 11.0 Å². The van der Waals surface area contributed by atoms with E-state index in [9.17, 15) is 0 Å². The van der Waals surface area contributed by atoms with Crippen molar-refractivity contribution in [2.24, 2.45) is 17.8 Å². The molecule has 0 N–H and O–H groups in total. The van der Waals surface area contributed by atoms with Crippen molar-refractivity contribution in [3.8, 4) is 5.06 Å². The molecule has 0 spiro atoms. The fourth-order valence-electron chi connectivity index (χ4n) is 3.42. The minimum atomic E-state index is 0.395. The highest BCUT2D eigenvalue weighted by molar-refractivity contribution is 7.20. The molecular weight excluding hydrogens is 264 g/mol. The molecule has 0 bridgehead atoms. The molecule has 1 aromatic heterocycles. The van der Waals surface area contributed by atoms with Crippen LogP contribution in [0, 0.1) is 17.8 Å². The van der Waals surface area contributed by atoms with Gasteiger partial charge in [-0.2, -0.15) is 0 Å². The number of ether oxygens (including phenoxy) is 1. The average Bonchev–Trinajstić information content (AvgIpc) is 2.80. The summed E-state index contributed by atoms with van der Waals surface area (Å²) < 4.78 is 7.73. The lowest BCUT2D eigenvalue weighted by molar-refractivity contribution is 0.0489. The molecule has 1 aromatic carbocycles. The zero-order chi connectivity index (χ0) is 14.1. The monoisotopic (exact) mass is 288 g/mol. The number of thiophene rings is 1. The lowest BCUT2D eigenvalue weighted by Crippen LogP contribution is -2.36. The fraction of sp³-hybridized carbons (Fsp3) is 0.556. The molecule has 1 nitrogen and oxygen atoms in total. The van der Waals surface area contributed by atoms with Gasteiger partial charge >= 0.3 is 0 Å². The average molecular weight is 288 g/mol. The van der Waals surface area contributed by atoms with Crippen LogP contribution in [0.25, 0.3) is 10.1 Å². The van der Waals surface area contributed by atoms with E-state index in [1.54, 1.807) is 11.3 Å². The Hall–Kier alpha value is -1.02. The summed E-state index contributed by atoms with van der Waals surface area (Å²) in [6.45, 7) is 7.03. The summed E-state index contributed by atoms with van der Waals surface area (Å²) in [5.74, 6) is 2.21. The van der Waals surface area contributed by atoms with Gasteiger partial charge in [0.2, 0.25) is 0 Å². The van der Waals surface area contributed by atoms with E-state index in [1.165, 1.54) is 29.3 Å². The number of hydrogen-bond donors (Lipinski definition) is 0. The van der Waals surface area contributed by atoms with Crippen LogP contribution < -0.4 is 4.74 Å². The number of benzene rings is 1. The van der Waals surface area contributed by atoms with Crippen LogP contribution in [0.3, 0.4) is 0 Å². The number of fused-ring (bicyclic) bond motifs is 1. The Labute approximate surface area is 126 Å². The Balaban J connectivity index is 1.80. The summed E-state index contributed by atoms with van der Waals surface area (Å²) in [5.41, 5.74) is 0.